The normalized spacial score (nSPS) is 31.8. The van der Waals surface area contributed by atoms with Crippen molar-refractivity contribution < 1.29 is 27.5 Å². The van der Waals surface area contributed by atoms with E-state index < -0.39 is 42.0 Å². The van der Waals surface area contributed by atoms with Gasteiger partial charge in [0, 0.05) is 0 Å². The maximum atomic E-state index is 13.5. The monoisotopic (exact) mass is 242 g/mol. The van der Waals surface area contributed by atoms with Gasteiger partial charge >= 0.3 is 12.1 Å². The molecule has 2 unspecified atom stereocenters. The number of halogens is 4. The van der Waals surface area contributed by atoms with Crippen molar-refractivity contribution in [2.24, 2.45) is 11.3 Å². The van der Waals surface area contributed by atoms with Crippen molar-refractivity contribution in [3.8, 4) is 0 Å². The first-order valence-corrected chi connectivity index (χ1v) is 5.00. The van der Waals surface area contributed by atoms with E-state index in [1.165, 1.54) is 13.8 Å². The van der Waals surface area contributed by atoms with Crippen molar-refractivity contribution in [2.45, 2.75) is 45.0 Å². The number of carbonyl (C=O) groups is 1. The van der Waals surface area contributed by atoms with E-state index in [-0.39, 0.29) is 6.42 Å². The molecule has 2 nitrogen and oxygen atoms in total. The van der Waals surface area contributed by atoms with Gasteiger partial charge in [-0.1, -0.05) is 0 Å². The number of carboxylic acid groups (broad SMARTS) is 1. The molecule has 0 spiro atoms. The highest BCUT2D eigenvalue weighted by atomic mass is 19.4. The van der Waals surface area contributed by atoms with Gasteiger partial charge < -0.3 is 5.11 Å². The Morgan fingerprint density at radius 3 is 2.19 bits per heavy atom. The van der Waals surface area contributed by atoms with Crippen molar-refractivity contribution in [1.29, 1.82) is 0 Å². The molecule has 1 aliphatic rings. The lowest BCUT2D eigenvalue weighted by Crippen LogP contribution is -2.40. The minimum atomic E-state index is -4.91. The van der Waals surface area contributed by atoms with Gasteiger partial charge in [-0.3, -0.25) is 4.79 Å². The van der Waals surface area contributed by atoms with Gasteiger partial charge in [0.05, 0.1) is 5.41 Å². The van der Waals surface area contributed by atoms with Gasteiger partial charge in [0.15, 0.2) is 0 Å². The number of carboxylic acids is 1. The van der Waals surface area contributed by atoms with Gasteiger partial charge in [0.2, 0.25) is 5.67 Å². The Kier molecular flexibility index (Phi) is 2.98. The molecule has 1 fully saturated rings. The second kappa shape index (κ2) is 3.60. The van der Waals surface area contributed by atoms with Crippen LogP contribution >= 0.6 is 0 Å². The lowest BCUT2D eigenvalue weighted by atomic mass is 9.77. The van der Waals surface area contributed by atoms with Crippen molar-refractivity contribution in [1.82, 2.24) is 0 Å². The molecule has 0 aromatic rings. The zero-order valence-corrected chi connectivity index (χ0v) is 9.07. The minimum Gasteiger partial charge on any atom is -0.481 e. The molecular formula is C10H14F4O2. The SMILES string of the molecule is CC(C)(C(=O)O)C1CCC(F)(C(F)(F)F)C1. The summed E-state index contributed by atoms with van der Waals surface area (Å²) in [7, 11) is 0. The van der Waals surface area contributed by atoms with Crippen molar-refractivity contribution in [2.75, 3.05) is 0 Å². The number of hydrogen-bond donors (Lipinski definition) is 1. The third-order valence-electron chi connectivity index (χ3n) is 3.54. The van der Waals surface area contributed by atoms with E-state index in [9.17, 15) is 22.4 Å². The van der Waals surface area contributed by atoms with E-state index in [1.807, 2.05) is 0 Å². The van der Waals surface area contributed by atoms with Gasteiger partial charge in [-0.05, 0) is 39.0 Å². The molecule has 1 aliphatic carbocycles. The molecule has 0 bridgehead atoms. The average molecular weight is 242 g/mol. The molecule has 1 N–H and O–H groups in total. The molecule has 1 rings (SSSR count). The quantitative estimate of drug-likeness (QED) is 0.755. The van der Waals surface area contributed by atoms with Gasteiger partial charge in [-0.2, -0.15) is 13.2 Å². The van der Waals surface area contributed by atoms with Crippen LogP contribution in [0.25, 0.3) is 0 Å². The highest BCUT2D eigenvalue weighted by molar-refractivity contribution is 5.74. The maximum absolute atomic E-state index is 13.5. The third-order valence-corrected chi connectivity index (χ3v) is 3.54. The molecule has 0 aliphatic heterocycles. The van der Waals surface area contributed by atoms with Crippen LogP contribution in [0, 0.1) is 11.3 Å². The summed E-state index contributed by atoms with van der Waals surface area (Å²) in [6.45, 7) is 2.67. The van der Waals surface area contributed by atoms with E-state index in [4.69, 9.17) is 5.11 Å². The predicted molar refractivity (Wildman–Crippen MR) is 48.7 cm³/mol. The summed E-state index contributed by atoms with van der Waals surface area (Å²) in [6.07, 6.45) is -6.35. The summed E-state index contributed by atoms with van der Waals surface area (Å²) >= 11 is 0. The van der Waals surface area contributed by atoms with Crippen molar-refractivity contribution in [3.05, 3.63) is 0 Å². The van der Waals surface area contributed by atoms with Crippen molar-refractivity contribution >= 4 is 5.97 Å². The molecule has 0 heterocycles. The Bertz CT molecular complexity index is 298. The maximum Gasteiger partial charge on any atom is 0.422 e. The number of hydrogen-bond acceptors (Lipinski definition) is 1. The van der Waals surface area contributed by atoms with E-state index in [0.717, 1.165) is 0 Å². The minimum absolute atomic E-state index is 0.0463. The van der Waals surface area contributed by atoms with Crippen LogP contribution in [0.4, 0.5) is 17.6 Å². The van der Waals surface area contributed by atoms with Crippen LogP contribution in [0.3, 0.4) is 0 Å². The zero-order chi connectivity index (χ0) is 12.8. The van der Waals surface area contributed by atoms with Gasteiger partial charge in [0.25, 0.3) is 0 Å². The molecule has 0 amide bonds. The Labute approximate surface area is 90.6 Å². The van der Waals surface area contributed by atoms with Gasteiger partial charge in [0.1, 0.15) is 0 Å². The second-order valence-corrected chi connectivity index (χ2v) is 4.93. The molecule has 94 valence electrons. The van der Waals surface area contributed by atoms with E-state index in [1.54, 1.807) is 0 Å². The second-order valence-electron chi connectivity index (χ2n) is 4.93. The fourth-order valence-electron chi connectivity index (χ4n) is 2.05. The number of aliphatic carboxylic acids is 1. The van der Waals surface area contributed by atoms with E-state index in [0.29, 0.717) is 0 Å². The molecule has 0 aromatic carbocycles. The van der Waals surface area contributed by atoms with Crippen LogP contribution in [0.1, 0.15) is 33.1 Å². The molecule has 6 heteroatoms. The van der Waals surface area contributed by atoms with Crippen LogP contribution in [0.5, 0.6) is 0 Å². The topological polar surface area (TPSA) is 37.3 Å². The number of rotatable bonds is 2. The standard InChI is InChI=1S/C10H14F4O2/c1-8(2,7(15)16)6-3-4-9(11,5-6)10(12,13)14/h6H,3-5H2,1-2H3,(H,15,16). The van der Waals surface area contributed by atoms with Gasteiger partial charge in [-0.25, -0.2) is 4.39 Å². The fourth-order valence-corrected chi connectivity index (χ4v) is 2.05. The summed E-state index contributed by atoms with van der Waals surface area (Å²) in [5, 5.41) is 8.87. The first kappa shape index (κ1) is 13.3. The molecule has 2 atom stereocenters. The number of alkyl halides is 4. The Morgan fingerprint density at radius 2 is 1.88 bits per heavy atom. The summed E-state index contributed by atoms with van der Waals surface area (Å²) < 4.78 is 50.7. The van der Waals surface area contributed by atoms with E-state index in [2.05, 4.69) is 0 Å². The molecular weight excluding hydrogens is 228 g/mol. The van der Waals surface area contributed by atoms with Crippen molar-refractivity contribution in [3.63, 3.8) is 0 Å². The van der Waals surface area contributed by atoms with Gasteiger partial charge in [-0.15, -0.1) is 0 Å². The Balaban J connectivity index is 2.85. The summed E-state index contributed by atoms with van der Waals surface area (Å²) in [5.74, 6) is -1.97. The molecule has 0 radical (unpaired) electrons. The van der Waals surface area contributed by atoms with Crippen LogP contribution in [0.2, 0.25) is 0 Å². The van der Waals surface area contributed by atoms with Crippen LogP contribution in [0.15, 0.2) is 0 Å². The van der Waals surface area contributed by atoms with E-state index >= 15 is 0 Å². The Hall–Kier alpha value is -0.810. The smallest absolute Gasteiger partial charge is 0.422 e. The summed E-state index contributed by atoms with van der Waals surface area (Å²) in [4.78, 5) is 10.9. The predicted octanol–water partition coefficient (Wildman–Crippen LogP) is 3.17. The first-order valence-electron chi connectivity index (χ1n) is 5.00. The van der Waals surface area contributed by atoms with Crippen LogP contribution < -0.4 is 0 Å². The third kappa shape index (κ3) is 2.01. The molecule has 1 saturated carbocycles. The summed E-state index contributed by atoms with van der Waals surface area (Å²) in [6, 6.07) is 0. The average Bonchev–Trinajstić information content (AvgIpc) is 2.48. The van der Waals surface area contributed by atoms with Crippen LogP contribution in [-0.2, 0) is 4.79 Å². The molecule has 16 heavy (non-hydrogen) atoms. The fraction of sp³-hybridized carbons (Fsp3) is 0.900. The molecule has 0 aromatic heterocycles. The largest absolute Gasteiger partial charge is 0.481 e. The highest BCUT2D eigenvalue weighted by Crippen LogP contribution is 2.52. The molecule has 0 saturated heterocycles. The summed E-state index contributed by atoms with van der Waals surface area (Å²) in [5.41, 5.74) is -4.54. The first-order chi connectivity index (χ1) is 7.01. The lowest BCUT2D eigenvalue weighted by molar-refractivity contribution is -0.229. The zero-order valence-electron chi connectivity index (χ0n) is 9.07. The van der Waals surface area contributed by atoms with Crippen LogP contribution in [-0.4, -0.2) is 22.9 Å². The Morgan fingerprint density at radius 1 is 1.38 bits per heavy atom. The lowest BCUT2D eigenvalue weighted by Gasteiger charge is -2.28. The highest BCUT2D eigenvalue weighted by Gasteiger charge is 2.61.